The molecule has 0 aliphatic heterocycles. The van der Waals surface area contributed by atoms with Crippen molar-refractivity contribution in [1.82, 2.24) is 0 Å². The average Bonchev–Trinajstić information content (AvgIpc) is 2.18. The van der Waals surface area contributed by atoms with Crippen molar-refractivity contribution in [2.24, 2.45) is 0 Å². The summed E-state index contributed by atoms with van der Waals surface area (Å²) in [5, 5.41) is 0. The highest BCUT2D eigenvalue weighted by Gasteiger charge is 2.16. The maximum Gasteiger partial charge on any atom is -0.0129 e. The third kappa shape index (κ3) is 4.07. The van der Waals surface area contributed by atoms with Gasteiger partial charge in [0.05, 0.1) is 0 Å². The van der Waals surface area contributed by atoms with Gasteiger partial charge in [-0.15, -0.1) is 0 Å². The minimum atomic E-state index is 0.277. The van der Waals surface area contributed by atoms with Gasteiger partial charge in [0.15, 0.2) is 0 Å². The molecule has 0 unspecified atom stereocenters. The molecule has 0 amide bonds. The van der Waals surface area contributed by atoms with Crippen LogP contribution in [0.2, 0.25) is 0 Å². The Balaban J connectivity index is 0.000000921. The lowest BCUT2D eigenvalue weighted by atomic mass is 9.82. The summed E-state index contributed by atoms with van der Waals surface area (Å²) in [6.07, 6.45) is 1.13. The minimum absolute atomic E-state index is 0.277. The van der Waals surface area contributed by atoms with Gasteiger partial charge >= 0.3 is 0 Å². The Hall–Kier alpha value is -0.780. The average molecular weight is 206 g/mol. The van der Waals surface area contributed by atoms with Gasteiger partial charge in [-0.3, -0.25) is 0 Å². The van der Waals surface area contributed by atoms with Crippen molar-refractivity contribution in [2.75, 3.05) is 0 Å². The van der Waals surface area contributed by atoms with Gasteiger partial charge in [-0.1, -0.05) is 65.3 Å². The van der Waals surface area contributed by atoms with Gasteiger partial charge in [-0.05, 0) is 29.9 Å². The first-order valence-corrected chi connectivity index (χ1v) is 6.05. The topological polar surface area (TPSA) is 0 Å². The van der Waals surface area contributed by atoms with Gasteiger partial charge in [0, 0.05) is 0 Å². The highest BCUT2D eigenvalue weighted by atomic mass is 14.2. The Morgan fingerprint density at radius 3 is 2.00 bits per heavy atom. The van der Waals surface area contributed by atoms with Crippen LogP contribution >= 0.6 is 0 Å². The van der Waals surface area contributed by atoms with Gasteiger partial charge in [-0.2, -0.15) is 0 Å². The molecule has 0 aliphatic carbocycles. The van der Waals surface area contributed by atoms with E-state index in [0.29, 0.717) is 0 Å². The van der Waals surface area contributed by atoms with Crippen LogP contribution in [0.4, 0.5) is 0 Å². The molecule has 0 N–H and O–H groups in total. The van der Waals surface area contributed by atoms with Crippen LogP contribution in [0.3, 0.4) is 0 Å². The number of aryl methyl sites for hydroxylation is 2. The summed E-state index contributed by atoms with van der Waals surface area (Å²) in [5.74, 6) is 0. The van der Waals surface area contributed by atoms with E-state index in [-0.39, 0.29) is 5.41 Å². The first-order valence-electron chi connectivity index (χ1n) is 6.05. The summed E-state index contributed by atoms with van der Waals surface area (Å²) in [6, 6.07) is 6.79. The molecule has 0 spiro atoms. The predicted octanol–water partition coefficient (Wildman–Crippen LogP) is 4.88. The Labute approximate surface area is 95.7 Å². The van der Waals surface area contributed by atoms with Crippen molar-refractivity contribution in [3.05, 3.63) is 34.9 Å². The highest BCUT2D eigenvalue weighted by Crippen LogP contribution is 2.26. The van der Waals surface area contributed by atoms with Crippen molar-refractivity contribution in [3.8, 4) is 0 Å². The van der Waals surface area contributed by atoms with E-state index < -0.39 is 0 Å². The molecule has 0 aromatic heterocycles. The van der Waals surface area contributed by atoms with Gasteiger partial charge < -0.3 is 0 Å². The first kappa shape index (κ1) is 14.2. The van der Waals surface area contributed by atoms with Crippen molar-refractivity contribution < 1.29 is 0 Å². The third-order valence-electron chi connectivity index (χ3n) is 2.45. The predicted molar refractivity (Wildman–Crippen MR) is 70.6 cm³/mol. The molecule has 0 aliphatic rings. The molecule has 0 heteroatoms. The Morgan fingerprint density at radius 2 is 1.60 bits per heavy atom. The molecule has 0 bridgehead atoms. The van der Waals surface area contributed by atoms with Gasteiger partial charge in [-0.25, -0.2) is 0 Å². The van der Waals surface area contributed by atoms with Crippen LogP contribution in [-0.4, -0.2) is 0 Å². The minimum Gasteiger partial charge on any atom is -0.0683 e. The van der Waals surface area contributed by atoms with E-state index >= 15 is 0 Å². The van der Waals surface area contributed by atoms with Crippen molar-refractivity contribution >= 4 is 0 Å². The molecule has 0 nitrogen and oxygen atoms in total. The third-order valence-corrected chi connectivity index (χ3v) is 2.45. The summed E-state index contributed by atoms with van der Waals surface area (Å²) in [4.78, 5) is 0. The normalized spacial score (nSPS) is 10.6. The van der Waals surface area contributed by atoms with E-state index in [4.69, 9.17) is 0 Å². The van der Waals surface area contributed by atoms with E-state index in [2.05, 4.69) is 52.8 Å². The fourth-order valence-corrected chi connectivity index (χ4v) is 1.75. The summed E-state index contributed by atoms with van der Waals surface area (Å²) in [7, 11) is 0. The molecule has 0 heterocycles. The zero-order valence-electron chi connectivity index (χ0n) is 11.4. The van der Waals surface area contributed by atoms with Crippen LogP contribution in [0.5, 0.6) is 0 Å². The maximum absolute atomic E-state index is 2.31. The number of rotatable bonds is 1. The standard InChI is InChI=1S/C13H20.C2H6/c1-6-11-9-10(2)7-8-12(11)13(3,4)5;1-2/h7-9H,6H2,1-5H3;1-2H3. The van der Waals surface area contributed by atoms with Crippen LogP contribution in [-0.2, 0) is 11.8 Å². The lowest BCUT2D eigenvalue weighted by Gasteiger charge is -2.22. The monoisotopic (exact) mass is 206 g/mol. The molecule has 1 rings (SSSR count). The summed E-state index contributed by atoms with van der Waals surface area (Å²) in [5.41, 5.74) is 4.62. The molecular weight excluding hydrogens is 180 g/mol. The largest absolute Gasteiger partial charge is 0.0683 e. The second-order valence-electron chi connectivity index (χ2n) is 4.76. The Bertz CT molecular complexity index is 289. The fraction of sp³-hybridized carbons (Fsp3) is 0.600. The lowest BCUT2D eigenvalue weighted by Crippen LogP contribution is -2.14. The summed E-state index contributed by atoms with van der Waals surface area (Å²) in [6.45, 7) is 15.2. The van der Waals surface area contributed by atoms with Gasteiger partial charge in [0.25, 0.3) is 0 Å². The zero-order chi connectivity index (χ0) is 12.1. The van der Waals surface area contributed by atoms with Crippen LogP contribution in [0, 0.1) is 6.92 Å². The molecule has 0 saturated heterocycles. The van der Waals surface area contributed by atoms with E-state index in [9.17, 15) is 0 Å². The lowest BCUT2D eigenvalue weighted by molar-refractivity contribution is 0.583. The van der Waals surface area contributed by atoms with E-state index in [0.717, 1.165) is 6.42 Å². The Kier molecular flexibility index (Phi) is 5.64. The van der Waals surface area contributed by atoms with E-state index in [1.54, 1.807) is 0 Å². The first-order chi connectivity index (χ1) is 6.95. The second-order valence-corrected chi connectivity index (χ2v) is 4.76. The maximum atomic E-state index is 2.31. The van der Waals surface area contributed by atoms with Crippen LogP contribution in [0.25, 0.3) is 0 Å². The van der Waals surface area contributed by atoms with Crippen LogP contribution < -0.4 is 0 Å². The van der Waals surface area contributed by atoms with Crippen molar-refractivity contribution in [2.45, 2.75) is 60.3 Å². The molecule has 0 radical (unpaired) electrons. The van der Waals surface area contributed by atoms with Crippen LogP contribution in [0.15, 0.2) is 18.2 Å². The molecule has 15 heavy (non-hydrogen) atoms. The highest BCUT2D eigenvalue weighted by molar-refractivity contribution is 5.35. The zero-order valence-corrected chi connectivity index (χ0v) is 11.4. The van der Waals surface area contributed by atoms with Gasteiger partial charge in [0.2, 0.25) is 0 Å². The summed E-state index contributed by atoms with van der Waals surface area (Å²) < 4.78 is 0. The molecule has 1 aromatic carbocycles. The van der Waals surface area contributed by atoms with Crippen molar-refractivity contribution in [1.29, 1.82) is 0 Å². The molecule has 0 fully saturated rings. The quantitative estimate of drug-likeness (QED) is 0.614. The number of hydrogen-bond donors (Lipinski definition) is 0. The Morgan fingerprint density at radius 1 is 1.07 bits per heavy atom. The van der Waals surface area contributed by atoms with Crippen molar-refractivity contribution in [3.63, 3.8) is 0 Å². The van der Waals surface area contributed by atoms with E-state index in [1.807, 2.05) is 13.8 Å². The number of benzene rings is 1. The number of hydrogen-bond acceptors (Lipinski definition) is 0. The molecule has 86 valence electrons. The molecule has 0 saturated carbocycles. The molecular formula is C15H26. The summed E-state index contributed by atoms with van der Waals surface area (Å²) >= 11 is 0. The SMILES string of the molecule is CC.CCc1cc(C)ccc1C(C)(C)C. The smallest absolute Gasteiger partial charge is 0.0129 e. The second kappa shape index (κ2) is 5.95. The fourth-order valence-electron chi connectivity index (χ4n) is 1.75. The molecule has 1 aromatic rings. The van der Waals surface area contributed by atoms with Gasteiger partial charge in [0.1, 0.15) is 0 Å². The molecule has 0 atom stereocenters. The van der Waals surface area contributed by atoms with Crippen LogP contribution in [0.1, 0.15) is 58.2 Å². The van der Waals surface area contributed by atoms with E-state index in [1.165, 1.54) is 16.7 Å².